The molecule has 0 radical (unpaired) electrons. The van der Waals surface area contributed by atoms with Gasteiger partial charge in [0.1, 0.15) is 11.3 Å². The van der Waals surface area contributed by atoms with Crippen molar-refractivity contribution in [2.45, 2.75) is 18.4 Å². The van der Waals surface area contributed by atoms with Gasteiger partial charge in [0.2, 0.25) is 0 Å². The summed E-state index contributed by atoms with van der Waals surface area (Å²) >= 11 is 5.02. The van der Waals surface area contributed by atoms with Crippen LogP contribution in [0.2, 0.25) is 0 Å². The molecule has 1 spiro atoms. The molecule has 4 nitrogen and oxygen atoms in total. The van der Waals surface area contributed by atoms with Gasteiger partial charge in [0.05, 0.1) is 7.11 Å². The fourth-order valence-electron chi connectivity index (χ4n) is 2.61. The molecule has 1 amide bonds. The number of ether oxygens (including phenoxy) is 1. The smallest absolute Gasteiger partial charge is 0.256 e. The molecule has 88 valence electrons. The van der Waals surface area contributed by atoms with E-state index in [1.807, 2.05) is 18.2 Å². The Morgan fingerprint density at radius 3 is 2.94 bits per heavy atom. The van der Waals surface area contributed by atoms with E-state index in [2.05, 4.69) is 10.6 Å². The molecule has 1 atom stereocenters. The molecule has 0 bridgehead atoms. The molecule has 1 aromatic carbocycles. The van der Waals surface area contributed by atoms with Gasteiger partial charge in [0.25, 0.3) is 5.91 Å². The predicted molar refractivity (Wildman–Crippen MR) is 66.9 cm³/mol. The molecular formula is C12H12N2O2S. The van der Waals surface area contributed by atoms with Gasteiger partial charge in [0, 0.05) is 0 Å². The fraction of sp³-hybridized carbons (Fsp3) is 0.333. The maximum atomic E-state index is 12.1. The SMILES string of the molecule is COc1ccc2c(c1)C1(CC2)NC(=S)NC1=O. The van der Waals surface area contributed by atoms with Crippen molar-refractivity contribution in [3.8, 4) is 5.75 Å². The van der Waals surface area contributed by atoms with Crippen molar-refractivity contribution in [1.82, 2.24) is 10.6 Å². The number of benzene rings is 1. The first-order valence-corrected chi connectivity index (χ1v) is 5.87. The lowest BCUT2D eigenvalue weighted by molar-refractivity contribution is -0.124. The van der Waals surface area contributed by atoms with Crippen molar-refractivity contribution in [3.05, 3.63) is 29.3 Å². The van der Waals surface area contributed by atoms with Crippen LogP contribution in [0.1, 0.15) is 17.5 Å². The van der Waals surface area contributed by atoms with Gasteiger partial charge in [-0.3, -0.25) is 4.79 Å². The Bertz CT molecular complexity index is 529. The molecule has 3 rings (SSSR count). The lowest BCUT2D eigenvalue weighted by Gasteiger charge is -2.22. The maximum absolute atomic E-state index is 12.1. The lowest BCUT2D eigenvalue weighted by Crippen LogP contribution is -2.41. The standard InChI is InChI=1S/C12H12N2O2S/c1-16-8-3-2-7-4-5-12(9(7)6-8)10(15)13-11(17)14-12/h2-3,6H,4-5H2,1H3,(H2,13,14,15,17). The minimum absolute atomic E-state index is 0.0606. The van der Waals surface area contributed by atoms with E-state index in [4.69, 9.17) is 17.0 Å². The van der Waals surface area contributed by atoms with Gasteiger partial charge >= 0.3 is 0 Å². The molecule has 1 heterocycles. The predicted octanol–water partition coefficient (Wildman–Crippen LogP) is 0.841. The lowest BCUT2D eigenvalue weighted by atomic mass is 9.92. The highest BCUT2D eigenvalue weighted by molar-refractivity contribution is 7.80. The van der Waals surface area contributed by atoms with E-state index in [9.17, 15) is 4.79 Å². The first-order valence-electron chi connectivity index (χ1n) is 5.47. The van der Waals surface area contributed by atoms with Crippen molar-refractivity contribution in [2.24, 2.45) is 0 Å². The highest BCUT2D eigenvalue weighted by atomic mass is 32.1. The van der Waals surface area contributed by atoms with Crippen LogP contribution in [0.5, 0.6) is 5.75 Å². The second-order valence-electron chi connectivity index (χ2n) is 4.34. The fourth-order valence-corrected chi connectivity index (χ4v) is 2.88. The third kappa shape index (κ3) is 1.35. The highest BCUT2D eigenvalue weighted by Crippen LogP contribution is 2.40. The summed E-state index contributed by atoms with van der Waals surface area (Å²) in [5.41, 5.74) is 1.48. The third-order valence-electron chi connectivity index (χ3n) is 3.49. The molecular weight excluding hydrogens is 236 g/mol. The zero-order chi connectivity index (χ0) is 12.0. The van der Waals surface area contributed by atoms with Crippen LogP contribution < -0.4 is 15.4 Å². The van der Waals surface area contributed by atoms with E-state index in [0.717, 1.165) is 24.2 Å². The molecule has 1 saturated heterocycles. The van der Waals surface area contributed by atoms with Crippen LogP contribution in [0.15, 0.2) is 18.2 Å². The van der Waals surface area contributed by atoms with Gasteiger partial charge in [-0.25, -0.2) is 0 Å². The van der Waals surface area contributed by atoms with Gasteiger partial charge in [-0.05, 0) is 48.3 Å². The Hall–Kier alpha value is -1.62. The molecule has 17 heavy (non-hydrogen) atoms. The third-order valence-corrected chi connectivity index (χ3v) is 3.69. The first-order chi connectivity index (χ1) is 8.15. The first kappa shape index (κ1) is 10.5. The van der Waals surface area contributed by atoms with Crippen molar-refractivity contribution < 1.29 is 9.53 Å². The van der Waals surface area contributed by atoms with Crippen LogP contribution >= 0.6 is 12.2 Å². The molecule has 1 fully saturated rings. The van der Waals surface area contributed by atoms with Gasteiger partial charge in [0.15, 0.2) is 5.11 Å². The number of fused-ring (bicyclic) bond motifs is 2. The minimum Gasteiger partial charge on any atom is -0.497 e. The number of methoxy groups -OCH3 is 1. The number of nitrogens with one attached hydrogen (secondary N) is 2. The van der Waals surface area contributed by atoms with E-state index in [1.165, 1.54) is 5.56 Å². The number of carbonyl (C=O) groups is 1. The Balaban J connectivity index is 2.14. The van der Waals surface area contributed by atoms with E-state index in [0.29, 0.717) is 5.11 Å². The van der Waals surface area contributed by atoms with Crippen molar-refractivity contribution in [1.29, 1.82) is 0 Å². The maximum Gasteiger partial charge on any atom is 0.256 e. The number of amides is 1. The summed E-state index contributed by atoms with van der Waals surface area (Å²) in [4.78, 5) is 12.1. The summed E-state index contributed by atoms with van der Waals surface area (Å²) in [5, 5.41) is 6.18. The summed E-state index contributed by atoms with van der Waals surface area (Å²) in [7, 11) is 1.62. The number of aryl methyl sites for hydroxylation is 1. The summed E-state index contributed by atoms with van der Waals surface area (Å²) in [6, 6.07) is 5.85. The van der Waals surface area contributed by atoms with Crippen molar-refractivity contribution in [3.63, 3.8) is 0 Å². The Morgan fingerprint density at radius 1 is 1.47 bits per heavy atom. The number of hydrogen-bond donors (Lipinski definition) is 2. The van der Waals surface area contributed by atoms with E-state index >= 15 is 0 Å². The largest absolute Gasteiger partial charge is 0.497 e. The van der Waals surface area contributed by atoms with Gasteiger partial charge in [-0.15, -0.1) is 0 Å². The summed E-state index contributed by atoms with van der Waals surface area (Å²) in [6.45, 7) is 0. The molecule has 0 saturated carbocycles. The van der Waals surface area contributed by atoms with Gasteiger partial charge < -0.3 is 15.4 Å². The number of thiocarbonyl (C=S) groups is 1. The number of carbonyl (C=O) groups excluding carboxylic acids is 1. The Labute approximate surface area is 104 Å². The average Bonchev–Trinajstić information content (AvgIpc) is 2.82. The summed E-state index contributed by atoms with van der Waals surface area (Å²) in [5.74, 6) is 0.701. The molecule has 2 aliphatic rings. The average molecular weight is 248 g/mol. The van der Waals surface area contributed by atoms with Gasteiger partial charge in [-0.1, -0.05) is 6.07 Å². The number of rotatable bonds is 1. The molecule has 1 unspecified atom stereocenters. The minimum atomic E-state index is -0.680. The van der Waals surface area contributed by atoms with Crippen LogP contribution in [-0.4, -0.2) is 18.1 Å². The normalized spacial score (nSPS) is 25.7. The molecule has 1 aromatic rings. The summed E-state index contributed by atoms with van der Waals surface area (Å²) < 4.78 is 5.21. The number of hydrogen-bond acceptors (Lipinski definition) is 3. The molecule has 2 N–H and O–H groups in total. The topological polar surface area (TPSA) is 50.4 Å². The second-order valence-corrected chi connectivity index (χ2v) is 4.74. The molecule has 0 aromatic heterocycles. The Morgan fingerprint density at radius 2 is 2.29 bits per heavy atom. The Kier molecular flexibility index (Phi) is 2.13. The molecule has 5 heteroatoms. The van der Waals surface area contributed by atoms with Gasteiger partial charge in [-0.2, -0.15) is 0 Å². The van der Waals surface area contributed by atoms with Crippen LogP contribution in [-0.2, 0) is 16.8 Å². The zero-order valence-electron chi connectivity index (χ0n) is 9.37. The quantitative estimate of drug-likeness (QED) is 0.723. The van der Waals surface area contributed by atoms with Crippen LogP contribution in [0, 0.1) is 0 Å². The monoisotopic (exact) mass is 248 g/mol. The van der Waals surface area contributed by atoms with Crippen LogP contribution in [0.25, 0.3) is 0 Å². The second kappa shape index (κ2) is 3.43. The zero-order valence-corrected chi connectivity index (χ0v) is 10.2. The molecule has 1 aliphatic heterocycles. The molecule has 1 aliphatic carbocycles. The highest BCUT2D eigenvalue weighted by Gasteiger charge is 2.50. The van der Waals surface area contributed by atoms with Crippen LogP contribution in [0.4, 0.5) is 0 Å². The van der Waals surface area contributed by atoms with E-state index in [-0.39, 0.29) is 5.91 Å². The van der Waals surface area contributed by atoms with Crippen molar-refractivity contribution in [2.75, 3.05) is 7.11 Å². The van der Waals surface area contributed by atoms with Crippen LogP contribution in [0.3, 0.4) is 0 Å². The van der Waals surface area contributed by atoms with Crippen molar-refractivity contribution >= 4 is 23.2 Å². The summed E-state index contributed by atoms with van der Waals surface area (Å²) in [6.07, 6.45) is 1.61. The van der Waals surface area contributed by atoms with E-state index in [1.54, 1.807) is 7.11 Å². The van der Waals surface area contributed by atoms with E-state index < -0.39 is 5.54 Å².